The van der Waals surface area contributed by atoms with Crippen LogP contribution < -0.4 is 9.80 Å². The molecule has 5 nitrogen and oxygen atoms in total. The van der Waals surface area contributed by atoms with Crippen molar-refractivity contribution in [2.75, 3.05) is 29.9 Å². The Bertz CT molecular complexity index is 868. The fraction of sp³-hybridized carbons (Fsp3) is 0.227. The Kier molecular flexibility index (Phi) is 6.15. The van der Waals surface area contributed by atoms with Crippen LogP contribution in [0, 0.1) is 0 Å². The summed E-state index contributed by atoms with van der Waals surface area (Å²) in [7, 11) is 1.99. The molecule has 1 aromatic carbocycles. The molecule has 0 aliphatic carbocycles. The van der Waals surface area contributed by atoms with Crippen molar-refractivity contribution in [2.45, 2.75) is 13.3 Å². The predicted octanol–water partition coefficient (Wildman–Crippen LogP) is 3.82. The van der Waals surface area contributed by atoms with E-state index < -0.39 is 0 Å². The first kappa shape index (κ1) is 18.6. The van der Waals surface area contributed by atoms with Crippen molar-refractivity contribution in [3.05, 3.63) is 84.3 Å². The zero-order valence-electron chi connectivity index (χ0n) is 15.7. The monoisotopic (exact) mass is 360 g/mol. The first-order chi connectivity index (χ1) is 13.2. The predicted molar refractivity (Wildman–Crippen MR) is 109 cm³/mol. The number of carbonyl (C=O) groups excluding carboxylic acids is 1. The van der Waals surface area contributed by atoms with Gasteiger partial charge in [-0.2, -0.15) is 0 Å². The van der Waals surface area contributed by atoms with Crippen LogP contribution in [-0.4, -0.2) is 36.0 Å². The molecule has 0 atom stereocenters. The number of hydrogen-bond acceptors (Lipinski definition) is 4. The molecule has 3 aromatic rings. The number of pyridine rings is 2. The lowest BCUT2D eigenvalue weighted by molar-refractivity contribution is 0.0988. The molecule has 2 heterocycles. The fourth-order valence-electron chi connectivity index (χ4n) is 2.93. The highest BCUT2D eigenvalue weighted by atomic mass is 16.2. The van der Waals surface area contributed by atoms with E-state index in [9.17, 15) is 4.79 Å². The molecule has 0 saturated heterocycles. The van der Waals surface area contributed by atoms with Crippen molar-refractivity contribution in [3.8, 4) is 0 Å². The van der Waals surface area contributed by atoms with Crippen LogP contribution in [-0.2, 0) is 6.42 Å². The Morgan fingerprint density at radius 3 is 2.44 bits per heavy atom. The van der Waals surface area contributed by atoms with Crippen LogP contribution in [0.3, 0.4) is 0 Å². The van der Waals surface area contributed by atoms with E-state index >= 15 is 0 Å². The maximum Gasteiger partial charge on any atom is 0.258 e. The van der Waals surface area contributed by atoms with E-state index in [1.807, 2.05) is 62.5 Å². The van der Waals surface area contributed by atoms with Crippen LogP contribution in [0.2, 0.25) is 0 Å². The second-order valence-corrected chi connectivity index (χ2v) is 6.31. The quantitative estimate of drug-likeness (QED) is 0.643. The third-order valence-electron chi connectivity index (χ3n) is 4.50. The van der Waals surface area contributed by atoms with Crippen LogP contribution in [0.4, 0.5) is 11.5 Å². The maximum atomic E-state index is 13.0. The number of likely N-dealkylation sites (N-methyl/N-ethyl adjacent to an activating group) is 1. The molecule has 0 radical (unpaired) electrons. The molecule has 1 amide bonds. The van der Waals surface area contributed by atoms with Gasteiger partial charge < -0.3 is 9.80 Å². The SMILES string of the molecule is CCN(C(=O)c1ccnc(N(C)CCc2ccncc2)c1)c1ccccc1. The van der Waals surface area contributed by atoms with Gasteiger partial charge in [0.2, 0.25) is 0 Å². The minimum absolute atomic E-state index is 0.0186. The summed E-state index contributed by atoms with van der Waals surface area (Å²) in [5.74, 6) is 0.772. The van der Waals surface area contributed by atoms with Gasteiger partial charge in [-0.3, -0.25) is 9.78 Å². The smallest absolute Gasteiger partial charge is 0.258 e. The van der Waals surface area contributed by atoms with E-state index in [1.165, 1.54) is 5.56 Å². The van der Waals surface area contributed by atoms with Crippen molar-refractivity contribution >= 4 is 17.4 Å². The molecule has 0 spiro atoms. The summed E-state index contributed by atoms with van der Waals surface area (Å²) in [6.45, 7) is 3.40. The fourth-order valence-corrected chi connectivity index (χ4v) is 2.93. The zero-order chi connectivity index (χ0) is 19.1. The number of aromatic nitrogens is 2. The summed E-state index contributed by atoms with van der Waals surface area (Å²) < 4.78 is 0. The van der Waals surface area contributed by atoms with Gasteiger partial charge in [0.1, 0.15) is 5.82 Å². The van der Waals surface area contributed by atoms with Gasteiger partial charge in [-0.25, -0.2) is 4.98 Å². The number of rotatable bonds is 7. The number of amides is 1. The summed E-state index contributed by atoms with van der Waals surface area (Å²) in [4.78, 5) is 25.3. The lowest BCUT2D eigenvalue weighted by Crippen LogP contribution is -2.31. The number of benzene rings is 1. The number of hydrogen-bond donors (Lipinski definition) is 0. The zero-order valence-corrected chi connectivity index (χ0v) is 15.7. The Hall–Kier alpha value is -3.21. The summed E-state index contributed by atoms with van der Waals surface area (Å²) in [5.41, 5.74) is 2.76. The maximum absolute atomic E-state index is 13.0. The molecule has 138 valence electrons. The summed E-state index contributed by atoms with van der Waals surface area (Å²) in [5, 5.41) is 0. The van der Waals surface area contributed by atoms with Gasteiger partial charge in [0.05, 0.1) is 0 Å². The minimum Gasteiger partial charge on any atom is -0.359 e. The number of anilines is 2. The lowest BCUT2D eigenvalue weighted by Gasteiger charge is -2.22. The largest absolute Gasteiger partial charge is 0.359 e. The minimum atomic E-state index is -0.0186. The molecule has 0 saturated carbocycles. The van der Waals surface area contributed by atoms with Crippen LogP contribution in [0.1, 0.15) is 22.8 Å². The summed E-state index contributed by atoms with van der Waals surface area (Å²) in [6.07, 6.45) is 6.19. The molecule has 5 heteroatoms. The number of nitrogens with zero attached hydrogens (tertiary/aromatic N) is 4. The van der Waals surface area contributed by atoms with Crippen molar-refractivity contribution in [3.63, 3.8) is 0 Å². The summed E-state index contributed by atoms with van der Waals surface area (Å²) >= 11 is 0. The van der Waals surface area contributed by atoms with E-state index in [-0.39, 0.29) is 5.91 Å². The molecule has 27 heavy (non-hydrogen) atoms. The Morgan fingerprint density at radius 2 is 1.74 bits per heavy atom. The van der Waals surface area contributed by atoms with Crippen molar-refractivity contribution in [1.29, 1.82) is 0 Å². The number of carbonyl (C=O) groups is 1. The van der Waals surface area contributed by atoms with E-state index in [0.717, 1.165) is 24.5 Å². The van der Waals surface area contributed by atoms with Gasteiger partial charge >= 0.3 is 0 Å². The highest BCUT2D eigenvalue weighted by molar-refractivity contribution is 6.06. The first-order valence-corrected chi connectivity index (χ1v) is 9.12. The Labute approximate surface area is 160 Å². The van der Waals surface area contributed by atoms with Gasteiger partial charge in [0.15, 0.2) is 0 Å². The van der Waals surface area contributed by atoms with Gasteiger partial charge in [-0.1, -0.05) is 18.2 Å². The van der Waals surface area contributed by atoms with E-state index in [1.54, 1.807) is 29.6 Å². The van der Waals surface area contributed by atoms with E-state index in [2.05, 4.69) is 14.9 Å². The topological polar surface area (TPSA) is 49.3 Å². The average Bonchev–Trinajstić information content (AvgIpc) is 2.74. The van der Waals surface area contributed by atoms with Crippen molar-refractivity contribution < 1.29 is 4.79 Å². The van der Waals surface area contributed by atoms with Crippen molar-refractivity contribution in [2.24, 2.45) is 0 Å². The van der Waals surface area contributed by atoms with Crippen LogP contribution in [0.25, 0.3) is 0 Å². The molecule has 0 unspecified atom stereocenters. The van der Waals surface area contributed by atoms with E-state index in [4.69, 9.17) is 0 Å². The van der Waals surface area contributed by atoms with Crippen LogP contribution in [0.15, 0.2) is 73.2 Å². The molecular formula is C22H24N4O. The number of para-hydroxylation sites is 1. The van der Waals surface area contributed by atoms with Gasteiger partial charge in [-0.15, -0.1) is 0 Å². The highest BCUT2D eigenvalue weighted by Crippen LogP contribution is 2.19. The van der Waals surface area contributed by atoms with Crippen LogP contribution >= 0.6 is 0 Å². The molecule has 2 aromatic heterocycles. The van der Waals surface area contributed by atoms with Gasteiger partial charge in [0, 0.05) is 50.0 Å². The van der Waals surface area contributed by atoms with Crippen LogP contribution in [0.5, 0.6) is 0 Å². The van der Waals surface area contributed by atoms with Crippen molar-refractivity contribution in [1.82, 2.24) is 9.97 Å². The third-order valence-corrected chi connectivity index (χ3v) is 4.50. The molecule has 0 fully saturated rings. The standard InChI is InChI=1S/C22H24N4O/c1-3-26(20-7-5-4-6-8-20)22(27)19-11-15-24-21(17-19)25(2)16-12-18-9-13-23-14-10-18/h4-11,13-15,17H,3,12,16H2,1-2H3. The highest BCUT2D eigenvalue weighted by Gasteiger charge is 2.17. The first-order valence-electron chi connectivity index (χ1n) is 9.12. The molecule has 3 rings (SSSR count). The molecule has 0 bridgehead atoms. The van der Waals surface area contributed by atoms with E-state index in [0.29, 0.717) is 12.1 Å². The molecular weight excluding hydrogens is 336 g/mol. The Morgan fingerprint density at radius 1 is 1.00 bits per heavy atom. The summed E-state index contributed by atoms with van der Waals surface area (Å²) in [6, 6.07) is 17.4. The molecule has 0 aliphatic rings. The second-order valence-electron chi connectivity index (χ2n) is 6.31. The Balaban J connectivity index is 1.73. The second kappa shape index (κ2) is 8.94. The van der Waals surface area contributed by atoms with Gasteiger partial charge in [0.25, 0.3) is 5.91 Å². The molecule has 0 aliphatic heterocycles. The molecule has 0 N–H and O–H groups in total. The average molecular weight is 360 g/mol. The van der Waals surface area contributed by atoms with Gasteiger partial charge in [-0.05, 0) is 55.3 Å². The third kappa shape index (κ3) is 4.70. The normalized spacial score (nSPS) is 10.4. The lowest BCUT2D eigenvalue weighted by atomic mass is 10.2.